The van der Waals surface area contributed by atoms with Crippen LogP contribution in [0.1, 0.15) is 50.6 Å². The van der Waals surface area contributed by atoms with E-state index in [0.717, 1.165) is 31.2 Å². The average Bonchev–Trinajstić information content (AvgIpc) is 2.77. The van der Waals surface area contributed by atoms with E-state index in [-0.39, 0.29) is 30.2 Å². The molecule has 3 N–H and O–H groups in total. The zero-order valence-corrected chi connectivity index (χ0v) is 20.2. The van der Waals surface area contributed by atoms with Gasteiger partial charge >= 0.3 is 0 Å². The number of phenolic OH excluding ortho intramolecular Hbond substituents is 1. The third-order valence-electron chi connectivity index (χ3n) is 6.85. The summed E-state index contributed by atoms with van der Waals surface area (Å²) in [7, 11) is 0. The number of likely N-dealkylation sites (tertiary alicyclic amines) is 1. The number of hydrogen-bond donors (Lipinski definition) is 3. The topological polar surface area (TPSA) is 82.0 Å². The lowest BCUT2D eigenvalue weighted by molar-refractivity contribution is -0.135. The van der Waals surface area contributed by atoms with Crippen molar-refractivity contribution in [2.45, 2.75) is 50.7 Å². The van der Waals surface area contributed by atoms with Gasteiger partial charge in [0.25, 0.3) is 0 Å². The van der Waals surface area contributed by atoms with Gasteiger partial charge in [-0.3, -0.25) is 9.69 Å². The molecular weight excluding hydrogens is 463 g/mol. The van der Waals surface area contributed by atoms with E-state index in [9.17, 15) is 15.0 Å². The van der Waals surface area contributed by atoms with E-state index in [1.54, 1.807) is 24.3 Å². The number of amides is 1. The SMILES string of the molecule is CCOc1cc(C2C3CCCCC3(O)CCN2CC(=O)Nc2ccc(Cl)cc2Cl)ccc1O. The lowest BCUT2D eigenvalue weighted by Crippen LogP contribution is -2.56. The zero-order valence-electron chi connectivity index (χ0n) is 18.7. The number of halogens is 2. The molecule has 2 aromatic rings. The number of carbonyl (C=O) groups is 1. The lowest BCUT2D eigenvalue weighted by Gasteiger charge is -2.52. The highest BCUT2D eigenvalue weighted by molar-refractivity contribution is 6.36. The summed E-state index contributed by atoms with van der Waals surface area (Å²) in [6.45, 7) is 3.04. The maximum atomic E-state index is 13.0. The van der Waals surface area contributed by atoms with Crippen LogP contribution >= 0.6 is 23.2 Å². The Hall–Kier alpha value is -1.99. The summed E-state index contributed by atoms with van der Waals surface area (Å²) < 4.78 is 5.61. The molecule has 2 aliphatic rings. The standard InChI is InChI=1S/C25H30Cl2N2O4/c1-2-33-22-13-16(6-9-21(22)30)24-18-5-3-4-10-25(18,32)11-12-29(24)15-23(31)28-20-8-7-17(26)14-19(20)27/h6-9,13-14,18,24,30,32H,2-5,10-12,15H2,1H3,(H,28,31). The van der Waals surface area contributed by atoms with E-state index in [1.165, 1.54) is 0 Å². The molecule has 0 spiro atoms. The van der Waals surface area contributed by atoms with Crippen molar-refractivity contribution in [2.75, 3.05) is 25.0 Å². The number of carbonyl (C=O) groups excluding carboxylic acids is 1. The van der Waals surface area contributed by atoms with Gasteiger partial charge in [0, 0.05) is 23.5 Å². The minimum Gasteiger partial charge on any atom is -0.504 e. The second-order valence-electron chi connectivity index (χ2n) is 8.95. The van der Waals surface area contributed by atoms with E-state index >= 15 is 0 Å². The first-order valence-corrected chi connectivity index (χ1v) is 12.2. The fourth-order valence-electron chi connectivity index (χ4n) is 5.31. The second-order valence-corrected chi connectivity index (χ2v) is 9.80. The Kier molecular flexibility index (Phi) is 7.39. The largest absolute Gasteiger partial charge is 0.504 e. The average molecular weight is 493 g/mol. The molecule has 178 valence electrons. The summed E-state index contributed by atoms with van der Waals surface area (Å²) in [6, 6.07) is 10.1. The van der Waals surface area contributed by atoms with E-state index in [2.05, 4.69) is 10.2 Å². The molecule has 1 amide bonds. The van der Waals surface area contributed by atoms with Gasteiger partial charge in [0.15, 0.2) is 11.5 Å². The van der Waals surface area contributed by atoms with Crippen molar-refractivity contribution < 1.29 is 19.7 Å². The van der Waals surface area contributed by atoms with Crippen LogP contribution in [-0.4, -0.2) is 46.3 Å². The van der Waals surface area contributed by atoms with Gasteiger partial charge in [0.1, 0.15) is 0 Å². The Bertz CT molecular complexity index is 1020. The first-order valence-electron chi connectivity index (χ1n) is 11.5. The Morgan fingerprint density at radius 2 is 2.03 bits per heavy atom. The number of hydrogen-bond acceptors (Lipinski definition) is 5. The predicted octanol–water partition coefficient (Wildman–Crippen LogP) is 5.40. The summed E-state index contributed by atoms with van der Waals surface area (Å²) >= 11 is 12.2. The highest BCUT2D eigenvalue weighted by Gasteiger charge is 2.49. The molecule has 2 aromatic carbocycles. The van der Waals surface area contributed by atoms with E-state index in [1.807, 2.05) is 19.1 Å². The minimum atomic E-state index is -0.751. The van der Waals surface area contributed by atoms with Crippen LogP contribution in [0.2, 0.25) is 10.0 Å². The molecule has 2 fully saturated rings. The number of anilines is 1. The molecule has 33 heavy (non-hydrogen) atoms. The summed E-state index contributed by atoms with van der Waals surface area (Å²) in [4.78, 5) is 15.1. The smallest absolute Gasteiger partial charge is 0.238 e. The van der Waals surface area contributed by atoms with Crippen molar-refractivity contribution >= 4 is 34.8 Å². The minimum absolute atomic E-state index is 0.00839. The van der Waals surface area contributed by atoms with E-state index in [0.29, 0.717) is 41.1 Å². The highest BCUT2D eigenvalue weighted by atomic mass is 35.5. The van der Waals surface area contributed by atoms with Gasteiger partial charge in [-0.15, -0.1) is 0 Å². The number of ether oxygens (including phenoxy) is 1. The number of piperidine rings is 1. The molecule has 3 atom stereocenters. The number of aliphatic hydroxyl groups is 1. The lowest BCUT2D eigenvalue weighted by atomic mass is 9.66. The first-order chi connectivity index (χ1) is 15.8. The first kappa shape index (κ1) is 24.1. The molecule has 1 saturated heterocycles. The number of fused-ring (bicyclic) bond motifs is 1. The van der Waals surface area contributed by atoms with Crippen molar-refractivity contribution in [2.24, 2.45) is 5.92 Å². The molecule has 1 heterocycles. The molecule has 1 saturated carbocycles. The third kappa shape index (κ3) is 5.24. The normalized spacial score (nSPS) is 25.3. The number of rotatable bonds is 6. The maximum absolute atomic E-state index is 13.0. The highest BCUT2D eigenvalue weighted by Crippen LogP contribution is 2.50. The van der Waals surface area contributed by atoms with Gasteiger partial charge in [-0.2, -0.15) is 0 Å². The van der Waals surface area contributed by atoms with Gasteiger partial charge in [0.2, 0.25) is 5.91 Å². The van der Waals surface area contributed by atoms with Gasteiger partial charge in [-0.25, -0.2) is 0 Å². The van der Waals surface area contributed by atoms with Crippen LogP contribution in [0.3, 0.4) is 0 Å². The van der Waals surface area contributed by atoms with Crippen molar-refractivity contribution in [3.05, 3.63) is 52.0 Å². The van der Waals surface area contributed by atoms with Crippen molar-refractivity contribution in [1.82, 2.24) is 4.90 Å². The van der Waals surface area contributed by atoms with Crippen LogP contribution in [0.15, 0.2) is 36.4 Å². The summed E-state index contributed by atoms with van der Waals surface area (Å²) in [5.41, 5.74) is 0.689. The molecule has 0 radical (unpaired) electrons. The van der Waals surface area contributed by atoms with Crippen LogP contribution in [0.4, 0.5) is 5.69 Å². The van der Waals surface area contributed by atoms with Crippen molar-refractivity contribution in [3.63, 3.8) is 0 Å². The van der Waals surface area contributed by atoms with Gasteiger partial charge in [0.05, 0.1) is 29.5 Å². The fourth-order valence-corrected chi connectivity index (χ4v) is 5.77. The van der Waals surface area contributed by atoms with Crippen LogP contribution in [0.25, 0.3) is 0 Å². The van der Waals surface area contributed by atoms with Crippen molar-refractivity contribution in [3.8, 4) is 11.5 Å². The molecule has 0 bridgehead atoms. The Balaban J connectivity index is 1.61. The molecule has 0 aromatic heterocycles. The summed E-state index contributed by atoms with van der Waals surface area (Å²) in [5, 5.41) is 25.4. The Morgan fingerprint density at radius 3 is 2.79 bits per heavy atom. The molecule has 1 aliphatic heterocycles. The molecule has 1 aliphatic carbocycles. The number of aromatic hydroxyl groups is 1. The van der Waals surface area contributed by atoms with Crippen LogP contribution in [0.5, 0.6) is 11.5 Å². The summed E-state index contributed by atoms with van der Waals surface area (Å²) in [5.74, 6) is 0.300. The molecular formula is C25H30Cl2N2O4. The molecule has 4 rings (SSSR count). The molecule has 8 heteroatoms. The number of nitrogens with one attached hydrogen (secondary N) is 1. The van der Waals surface area contributed by atoms with E-state index in [4.69, 9.17) is 27.9 Å². The Morgan fingerprint density at radius 1 is 1.21 bits per heavy atom. The second kappa shape index (κ2) is 10.1. The zero-order chi connectivity index (χ0) is 23.6. The molecule has 3 unspecified atom stereocenters. The predicted molar refractivity (Wildman–Crippen MR) is 130 cm³/mol. The quantitative estimate of drug-likeness (QED) is 0.502. The number of nitrogens with zero attached hydrogens (tertiary/aromatic N) is 1. The van der Waals surface area contributed by atoms with Gasteiger partial charge < -0.3 is 20.3 Å². The molecule has 6 nitrogen and oxygen atoms in total. The monoisotopic (exact) mass is 492 g/mol. The maximum Gasteiger partial charge on any atom is 0.238 e. The summed E-state index contributed by atoms with van der Waals surface area (Å²) in [6.07, 6.45) is 4.33. The number of benzene rings is 2. The van der Waals surface area contributed by atoms with Gasteiger partial charge in [-0.05, 0) is 62.1 Å². The van der Waals surface area contributed by atoms with Crippen LogP contribution in [-0.2, 0) is 4.79 Å². The Labute approximate surface area is 204 Å². The third-order valence-corrected chi connectivity index (χ3v) is 7.40. The van der Waals surface area contributed by atoms with Crippen molar-refractivity contribution in [1.29, 1.82) is 0 Å². The van der Waals surface area contributed by atoms with E-state index < -0.39 is 5.60 Å². The van der Waals surface area contributed by atoms with Crippen LogP contribution < -0.4 is 10.1 Å². The van der Waals surface area contributed by atoms with Crippen LogP contribution in [0, 0.1) is 5.92 Å². The van der Waals surface area contributed by atoms with Gasteiger partial charge in [-0.1, -0.05) is 42.1 Å². The number of phenols is 1. The fraction of sp³-hybridized carbons (Fsp3) is 0.480.